The maximum Gasteiger partial charge on any atom is 0.308 e. The first-order chi connectivity index (χ1) is 10.8. The number of carboxylic acid groups (broad SMARTS) is 1. The zero-order valence-electron chi connectivity index (χ0n) is 12.4. The molecule has 1 fully saturated rings. The molecule has 1 N–H and O–H groups in total. The lowest BCUT2D eigenvalue weighted by atomic mass is 9.83. The van der Waals surface area contributed by atoms with E-state index in [1.807, 2.05) is 6.07 Å². The Labute approximate surface area is 130 Å². The van der Waals surface area contributed by atoms with E-state index in [9.17, 15) is 9.90 Å². The second-order valence-corrected chi connectivity index (χ2v) is 6.23. The number of hydrogen-bond acceptors (Lipinski definition) is 2. The predicted molar refractivity (Wildman–Crippen MR) is 86.1 cm³/mol. The Morgan fingerprint density at radius 2 is 1.77 bits per heavy atom. The van der Waals surface area contributed by atoms with E-state index in [0.717, 1.165) is 25.8 Å². The lowest BCUT2D eigenvalue weighted by Crippen LogP contribution is -2.42. The van der Waals surface area contributed by atoms with Crippen molar-refractivity contribution in [3.63, 3.8) is 0 Å². The summed E-state index contributed by atoms with van der Waals surface area (Å²) >= 11 is 0. The second kappa shape index (κ2) is 5.16. The SMILES string of the molecule is O=C(O)C1CCCN2c3ccccc3Cc3ccccc3C12. The third-order valence-corrected chi connectivity index (χ3v) is 5.00. The Kier molecular flexibility index (Phi) is 3.14. The average molecular weight is 293 g/mol. The summed E-state index contributed by atoms with van der Waals surface area (Å²) < 4.78 is 0. The molecule has 2 aliphatic rings. The molecule has 2 aliphatic heterocycles. The first-order valence-corrected chi connectivity index (χ1v) is 7.91. The highest BCUT2D eigenvalue weighted by Crippen LogP contribution is 2.44. The standard InChI is InChI=1S/C19H19NO2/c21-19(22)16-9-5-11-20-17-10-4-2-7-14(17)12-13-6-1-3-8-15(13)18(16)20/h1-4,6-8,10,16,18H,5,9,11-12H2,(H,21,22). The van der Waals surface area contributed by atoms with Gasteiger partial charge in [-0.2, -0.15) is 0 Å². The van der Waals surface area contributed by atoms with Crippen LogP contribution in [0.2, 0.25) is 0 Å². The van der Waals surface area contributed by atoms with Crippen LogP contribution in [0.25, 0.3) is 0 Å². The van der Waals surface area contributed by atoms with Crippen LogP contribution in [-0.2, 0) is 11.2 Å². The zero-order valence-corrected chi connectivity index (χ0v) is 12.4. The molecular weight excluding hydrogens is 274 g/mol. The summed E-state index contributed by atoms with van der Waals surface area (Å²) in [5.74, 6) is -1.01. The molecule has 3 nitrogen and oxygen atoms in total. The minimum Gasteiger partial charge on any atom is -0.481 e. The number of aliphatic carboxylic acids is 1. The van der Waals surface area contributed by atoms with Crippen LogP contribution in [0.15, 0.2) is 48.5 Å². The van der Waals surface area contributed by atoms with Crippen molar-refractivity contribution in [1.82, 2.24) is 0 Å². The number of fused-ring (bicyclic) bond motifs is 5. The smallest absolute Gasteiger partial charge is 0.308 e. The van der Waals surface area contributed by atoms with E-state index in [1.165, 1.54) is 22.4 Å². The van der Waals surface area contributed by atoms with Gasteiger partial charge in [-0.25, -0.2) is 0 Å². The summed E-state index contributed by atoms with van der Waals surface area (Å²) in [6.45, 7) is 0.930. The molecule has 0 saturated carbocycles. The van der Waals surface area contributed by atoms with Crippen LogP contribution in [0.5, 0.6) is 0 Å². The largest absolute Gasteiger partial charge is 0.481 e. The summed E-state index contributed by atoms with van der Waals surface area (Å²) in [5.41, 5.74) is 4.94. The van der Waals surface area contributed by atoms with Gasteiger partial charge in [0.05, 0.1) is 12.0 Å². The van der Waals surface area contributed by atoms with E-state index in [1.54, 1.807) is 0 Å². The Morgan fingerprint density at radius 3 is 2.59 bits per heavy atom. The first-order valence-electron chi connectivity index (χ1n) is 7.91. The molecule has 0 aromatic heterocycles. The van der Waals surface area contributed by atoms with Crippen molar-refractivity contribution < 1.29 is 9.90 Å². The third kappa shape index (κ3) is 2.00. The normalized spacial score (nSPS) is 23.0. The van der Waals surface area contributed by atoms with Crippen LogP contribution < -0.4 is 4.90 Å². The van der Waals surface area contributed by atoms with Crippen LogP contribution in [0.3, 0.4) is 0 Å². The molecule has 4 rings (SSSR count). The van der Waals surface area contributed by atoms with Gasteiger partial charge >= 0.3 is 5.97 Å². The number of hydrogen-bond donors (Lipinski definition) is 1. The van der Waals surface area contributed by atoms with Gasteiger partial charge in [-0.15, -0.1) is 0 Å². The molecule has 0 bridgehead atoms. The van der Waals surface area contributed by atoms with Crippen molar-refractivity contribution in [3.8, 4) is 0 Å². The molecule has 2 heterocycles. The van der Waals surface area contributed by atoms with E-state index in [4.69, 9.17) is 0 Å². The Balaban J connectivity index is 1.94. The zero-order chi connectivity index (χ0) is 15.1. The van der Waals surface area contributed by atoms with Crippen molar-refractivity contribution in [3.05, 3.63) is 65.2 Å². The van der Waals surface area contributed by atoms with Crippen molar-refractivity contribution in [2.75, 3.05) is 11.4 Å². The topological polar surface area (TPSA) is 40.5 Å². The van der Waals surface area contributed by atoms with Gasteiger partial charge in [0.1, 0.15) is 0 Å². The van der Waals surface area contributed by atoms with Crippen molar-refractivity contribution in [2.45, 2.75) is 25.3 Å². The first kappa shape index (κ1) is 13.4. The van der Waals surface area contributed by atoms with Gasteiger partial charge in [0.15, 0.2) is 0 Å². The molecule has 112 valence electrons. The molecule has 0 aliphatic carbocycles. The summed E-state index contributed by atoms with van der Waals surface area (Å²) in [4.78, 5) is 14.1. The van der Waals surface area contributed by atoms with Crippen LogP contribution in [0, 0.1) is 5.92 Å². The van der Waals surface area contributed by atoms with Crippen molar-refractivity contribution in [2.24, 2.45) is 5.92 Å². The summed E-state index contributed by atoms with van der Waals surface area (Å²) in [7, 11) is 0. The molecule has 2 unspecified atom stereocenters. The van der Waals surface area contributed by atoms with Crippen LogP contribution in [0.4, 0.5) is 5.69 Å². The number of para-hydroxylation sites is 1. The van der Waals surface area contributed by atoms with Crippen LogP contribution in [0.1, 0.15) is 35.6 Å². The lowest BCUT2D eigenvalue weighted by Gasteiger charge is -2.41. The number of piperidine rings is 1. The number of carboxylic acids is 1. The number of anilines is 1. The van der Waals surface area contributed by atoms with Crippen molar-refractivity contribution in [1.29, 1.82) is 0 Å². The fourth-order valence-electron chi connectivity index (χ4n) is 4.04. The molecule has 1 saturated heterocycles. The Bertz CT molecular complexity index is 725. The molecule has 0 amide bonds. The van der Waals surface area contributed by atoms with E-state index in [0.29, 0.717) is 0 Å². The number of benzene rings is 2. The fraction of sp³-hybridized carbons (Fsp3) is 0.316. The molecule has 2 aromatic rings. The van der Waals surface area contributed by atoms with E-state index < -0.39 is 5.97 Å². The minimum atomic E-state index is -0.677. The van der Waals surface area contributed by atoms with E-state index >= 15 is 0 Å². The highest BCUT2D eigenvalue weighted by Gasteiger charge is 2.40. The summed E-state index contributed by atoms with van der Waals surface area (Å²) in [5, 5.41) is 9.72. The monoisotopic (exact) mass is 293 g/mol. The van der Waals surface area contributed by atoms with E-state index in [2.05, 4.69) is 47.4 Å². The van der Waals surface area contributed by atoms with Crippen LogP contribution in [-0.4, -0.2) is 17.6 Å². The second-order valence-electron chi connectivity index (χ2n) is 6.23. The maximum absolute atomic E-state index is 11.8. The summed E-state index contributed by atoms with van der Waals surface area (Å²) in [6.07, 6.45) is 2.57. The third-order valence-electron chi connectivity index (χ3n) is 5.00. The maximum atomic E-state index is 11.8. The predicted octanol–water partition coefficient (Wildman–Crippen LogP) is 3.63. The number of nitrogens with zero attached hydrogens (tertiary/aromatic N) is 1. The summed E-state index contributed by atoms with van der Waals surface area (Å²) in [6, 6.07) is 16.7. The van der Waals surface area contributed by atoms with Crippen molar-refractivity contribution >= 4 is 11.7 Å². The molecule has 0 radical (unpaired) electrons. The van der Waals surface area contributed by atoms with Gasteiger partial charge in [-0.3, -0.25) is 4.79 Å². The number of rotatable bonds is 1. The molecule has 3 heteroatoms. The van der Waals surface area contributed by atoms with E-state index in [-0.39, 0.29) is 12.0 Å². The number of carbonyl (C=O) groups is 1. The Morgan fingerprint density at radius 1 is 1.05 bits per heavy atom. The van der Waals surface area contributed by atoms with Crippen LogP contribution >= 0.6 is 0 Å². The quantitative estimate of drug-likeness (QED) is 0.872. The minimum absolute atomic E-state index is 0.0499. The van der Waals surface area contributed by atoms with Gasteiger partial charge in [0, 0.05) is 12.2 Å². The molecule has 2 atom stereocenters. The molecule has 0 spiro atoms. The molecular formula is C19H19NO2. The van der Waals surface area contributed by atoms with Gasteiger partial charge in [-0.05, 0) is 42.0 Å². The highest BCUT2D eigenvalue weighted by atomic mass is 16.4. The van der Waals surface area contributed by atoms with Gasteiger partial charge in [0.25, 0.3) is 0 Å². The molecule has 2 aromatic carbocycles. The van der Waals surface area contributed by atoms with Gasteiger partial charge in [-0.1, -0.05) is 42.5 Å². The lowest BCUT2D eigenvalue weighted by molar-refractivity contribution is -0.143. The highest BCUT2D eigenvalue weighted by molar-refractivity contribution is 5.74. The van der Waals surface area contributed by atoms with Gasteiger partial charge in [0.2, 0.25) is 0 Å². The Hall–Kier alpha value is -2.29. The molecule has 22 heavy (non-hydrogen) atoms. The fourth-order valence-corrected chi connectivity index (χ4v) is 4.04. The average Bonchev–Trinajstić information content (AvgIpc) is 2.69. The van der Waals surface area contributed by atoms with Gasteiger partial charge < -0.3 is 10.0 Å².